The highest BCUT2D eigenvalue weighted by atomic mass is 32.2. The van der Waals surface area contributed by atoms with Gasteiger partial charge in [-0.15, -0.1) is 20.5 Å². The van der Waals surface area contributed by atoms with Crippen LogP contribution in [0.2, 0.25) is 0 Å². The number of benzene rings is 8. The van der Waals surface area contributed by atoms with Crippen molar-refractivity contribution in [3.05, 3.63) is 295 Å². The van der Waals surface area contributed by atoms with Gasteiger partial charge in [-0.1, -0.05) is 131 Å². The number of hydrazine groups is 1. The molecule has 612 valence electrons. The van der Waals surface area contributed by atoms with Crippen molar-refractivity contribution < 1.29 is 144 Å². The summed E-state index contributed by atoms with van der Waals surface area (Å²) in [6.45, 7) is 1.69. The van der Waals surface area contributed by atoms with Crippen molar-refractivity contribution in [1.29, 1.82) is 0 Å². The Labute approximate surface area is 624 Å². The van der Waals surface area contributed by atoms with Gasteiger partial charge in [0, 0.05) is 105 Å². The number of nitro benzene ring substituents is 5. The third kappa shape index (κ3) is 24.7. The highest BCUT2D eigenvalue weighted by Crippen LogP contribution is 2.54. The highest BCUT2D eigenvalue weighted by Gasteiger charge is 2.67. The lowest BCUT2D eigenvalue weighted by atomic mass is 10.0. The first-order valence-corrected chi connectivity index (χ1v) is 31.3. The van der Waals surface area contributed by atoms with Crippen molar-refractivity contribution >= 4 is 67.2 Å². The number of halogens is 21. The van der Waals surface area contributed by atoms with Gasteiger partial charge in [-0.25, -0.2) is 10.9 Å². The molecule has 0 saturated carbocycles. The molecule has 0 unspecified atom stereocenters. The molecule has 5 N–H and O–H groups in total. The number of anilines is 1. The molecule has 115 heavy (non-hydrogen) atoms. The van der Waals surface area contributed by atoms with E-state index < -0.39 is 157 Å². The summed E-state index contributed by atoms with van der Waals surface area (Å²) in [6, 6.07) is 36.7. The van der Waals surface area contributed by atoms with Crippen molar-refractivity contribution in [1.82, 2.24) is 10.9 Å². The van der Waals surface area contributed by atoms with Crippen LogP contribution >= 0.6 is 0 Å². The first-order chi connectivity index (χ1) is 52.9. The van der Waals surface area contributed by atoms with E-state index in [0.717, 1.165) is 115 Å². The molecular formula is C63H41F21N14O16S. The molecule has 3 aliphatic rings. The Bertz CT molecular complexity index is 5080. The molecule has 0 spiro atoms. The van der Waals surface area contributed by atoms with Crippen LogP contribution in [0.15, 0.2) is 236 Å². The van der Waals surface area contributed by atoms with E-state index in [2.05, 4.69) is 35.1 Å². The Morgan fingerprint density at radius 2 is 0.730 bits per heavy atom. The molecule has 8 aromatic rings. The zero-order valence-corrected chi connectivity index (χ0v) is 56.8. The van der Waals surface area contributed by atoms with Crippen LogP contribution in [0.25, 0.3) is 0 Å². The van der Waals surface area contributed by atoms with E-state index in [9.17, 15) is 161 Å². The number of carbonyl (C=O) groups excluding carboxylic acids is 2. The second-order valence-corrected chi connectivity index (χ2v) is 23.7. The molecule has 11 rings (SSSR count). The molecule has 0 radical (unpaired) electrons. The second-order valence-electron chi connectivity index (χ2n) is 22.1. The largest absolute Gasteiger partial charge is 0.454 e. The molecule has 0 amide bonds. The van der Waals surface area contributed by atoms with Gasteiger partial charge in [-0.3, -0.25) is 64.4 Å². The fourth-order valence-electron chi connectivity index (χ4n) is 8.43. The predicted octanol–water partition coefficient (Wildman–Crippen LogP) is 17.3. The van der Waals surface area contributed by atoms with Gasteiger partial charge in [0.15, 0.2) is 11.4 Å². The van der Waals surface area contributed by atoms with Crippen LogP contribution in [0.4, 0.5) is 126 Å². The van der Waals surface area contributed by atoms with E-state index >= 15 is 0 Å². The van der Waals surface area contributed by atoms with E-state index in [1.165, 1.54) is 66.7 Å². The molecule has 3 aliphatic heterocycles. The number of hydrogen-bond donors (Lipinski definition) is 4. The Hall–Kier alpha value is -13.6. The van der Waals surface area contributed by atoms with E-state index in [4.69, 9.17) is 10.9 Å². The van der Waals surface area contributed by atoms with E-state index in [1.807, 2.05) is 10.9 Å². The van der Waals surface area contributed by atoms with E-state index in [0.29, 0.717) is 18.2 Å². The number of aryl methyl sites for hydroxylation is 1. The minimum atomic E-state index is -5.10. The maximum atomic E-state index is 13.2. The third-order valence-corrected chi connectivity index (χ3v) is 15.3. The van der Waals surface area contributed by atoms with Crippen molar-refractivity contribution in [2.24, 2.45) is 30.8 Å². The Morgan fingerprint density at radius 1 is 0.409 bits per heavy atom. The molecule has 1 saturated heterocycles. The van der Waals surface area contributed by atoms with Gasteiger partial charge < -0.3 is 10.9 Å². The summed E-state index contributed by atoms with van der Waals surface area (Å²) >= 11 is 0. The number of nitrogens with two attached hydrogens (primary N) is 1. The first kappa shape index (κ1) is 92.0. The van der Waals surface area contributed by atoms with Crippen molar-refractivity contribution in [3.8, 4) is 0 Å². The Morgan fingerprint density at radius 3 is 1.07 bits per heavy atom. The molecule has 52 heteroatoms. The number of nitrogens with zero attached hydrogens (tertiary/aromatic N) is 11. The average molecular weight is 1680 g/mol. The van der Waals surface area contributed by atoms with Gasteiger partial charge in [0.2, 0.25) is 5.66 Å². The van der Waals surface area contributed by atoms with Crippen LogP contribution in [0.5, 0.6) is 0 Å². The summed E-state index contributed by atoms with van der Waals surface area (Å²) in [6.07, 6.45) is -33.5. The van der Waals surface area contributed by atoms with Gasteiger partial charge in [0.25, 0.3) is 40.0 Å². The number of alkyl halides is 21. The number of Topliss-reactive ketones (excluding diaryl/α,β-unsaturated/α-hetero) is 2. The van der Waals surface area contributed by atoms with Crippen LogP contribution in [-0.4, -0.2) is 104 Å². The maximum absolute atomic E-state index is 13.2. The standard InChI is InChI=1S/C15H11F3N2O5S.C8H6F3N3O2.C8H4F3N3O2.C8H6F3N3.C8H5F3N2O3.C8H4F3NO3.C8H5F3O/c1-10-5-7-13(8-6-10)26(23,24)25-19-14(15(16,17)18)11-3-2-4-12(9-11)20(21)22;2*9-8(10,11)7(12-13-7)5-2-1-3-6(4-5)14(15)16;9-8(10,11)7(13-14-7)5-2-1-3-6(12)4-5;9-8(10,11)7(12-14)5-2-1-3-6(4-5)13(15)16;9-8(10,11)7(13)5-2-1-3-6(4-5)12(14)15;9-8(10,11)7(12)6-4-2-1-3-5-6/h2-9H,1H3;1-4,12-13H;1-4H;1-4H,12H2;1-4,14H;1-4H;1-5H. The third-order valence-electron chi connectivity index (χ3n) is 14.1. The normalized spacial score (nSPS) is 14.4. The Kier molecular flexibility index (Phi) is 28.7. The molecule has 3 heterocycles. The quantitative estimate of drug-likeness (QED) is 0.0108. The number of hydrogen-bond acceptors (Lipinski definition) is 25. The lowest BCUT2D eigenvalue weighted by Crippen LogP contribution is -2.34. The second kappa shape index (κ2) is 35.9. The summed E-state index contributed by atoms with van der Waals surface area (Å²) in [4.78, 5) is 68.9. The molecule has 0 aromatic heterocycles. The summed E-state index contributed by atoms with van der Waals surface area (Å²) in [7, 11) is -4.59. The van der Waals surface area contributed by atoms with Gasteiger partial charge in [-0.2, -0.15) is 101 Å². The SMILES string of the molecule is Cc1ccc(S(=O)(=O)ON=C(c2cccc([N+](=O)[O-])c2)C(F)(F)F)cc1.Nc1cccc(C2(C(F)(F)F)N=N2)c1.O=C(c1cccc([N+](=O)[O-])c1)C(F)(F)F.O=C(c1ccccc1)C(F)(F)F.O=[N+]([O-])c1cccc(C(=NO)C(F)(F)F)c1.O=[N+]([O-])c1cccc(C2(C(F)(F)F)N=N2)c1.O=[N+]([O-])c1cccc(C2(C(F)(F)F)NN2)c1. The number of nitrogens with one attached hydrogen (secondary N) is 2. The van der Waals surface area contributed by atoms with Gasteiger partial charge >= 0.3 is 64.7 Å². The van der Waals surface area contributed by atoms with Crippen LogP contribution in [0.1, 0.15) is 54.1 Å². The highest BCUT2D eigenvalue weighted by molar-refractivity contribution is 7.86. The molecule has 0 aliphatic carbocycles. The predicted molar refractivity (Wildman–Crippen MR) is 349 cm³/mol. The topological polar surface area (TPSA) is 458 Å². The fourth-order valence-corrected chi connectivity index (χ4v) is 9.16. The average Bonchev–Trinajstić information content (AvgIpc) is 1.59. The van der Waals surface area contributed by atoms with Gasteiger partial charge in [0.05, 0.1) is 24.6 Å². The summed E-state index contributed by atoms with van der Waals surface area (Å²) < 4.78 is 289. The molecule has 30 nitrogen and oxygen atoms in total. The van der Waals surface area contributed by atoms with E-state index in [1.54, 1.807) is 13.0 Å². The van der Waals surface area contributed by atoms with Crippen molar-refractivity contribution in [3.63, 3.8) is 0 Å². The minimum Gasteiger partial charge on any atom is -0.410 e. The lowest BCUT2D eigenvalue weighted by Gasteiger charge is -2.15. The maximum Gasteiger partial charge on any atom is 0.454 e. The van der Waals surface area contributed by atoms with Gasteiger partial charge in [0.1, 0.15) is 4.90 Å². The molecule has 0 bridgehead atoms. The van der Waals surface area contributed by atoms with E-state index in [-0.39, 0.29) is 38.5 Å². The lowest BCUT2D eigenvalue weighted by molar-refractivity contribution is -0.385. The number of non-ortho nitro benzene ring substituents is 5. The van der Waals surface area contributed by atoms with Crippen LogP contribution in [0.3, 0.4) is 0 Å². The van der Waals surface area contributed by atoms with Gasteiger partial charge in [-0.05, 0) is 31.2 Å². The van der Waals surface area contributed by atoms with Crippen LogP contribution in [-0.2, 0) is 31.4 Å². The molecular weight excluding hydrogens is 1640 g/mol. The summed E-state index contributed by atoms with van der Waals surface area (Å²) in [5.41, 5.74) is -5.67. The number of nitro groups is 5. The Balaban J connectivity index is 0.000000243. The fraction of sp³-hybridized carbons (Fsp3) is 0.175. The summed E-state index contributed by atoms with van der Waals surface area (Å²) in [5.74, 6) is -3.89. The van der Waals surface area contributed by atoms with Crippen molar-refractivity contribution in [2.75, 3.05) is 5.73 Å². The number of nitrogen functional groups attached to an aromatic ring is 1. The first-order valence-electron chi connectivity index (χ1n) is 29.8. The smallest absolute Gasteiger partial charge is 0.410 e. The monoisotopic (exact) mass is 1680 g/mol. The number of ketones is 2. The summed E-state index contributed by atoms with van der Waals surface area (Å²) in [5, 5.41) is 77.2. The molecule has 0 atom stereocenters. The van der Waals surface area contributed by atoms with Crippen LogP contribution in [0, 0.1) is 57.5 Å². The van der Waals surface area contributed by atoms with Crippen LogP contribution < -0.4 is 16.6 Å². The molecule has 1 fully saturated rings. The number of rotatable bonds is 15. The number of oxime groups is 2. The minimum absolute atomic E-state index is 0.0370. The zero-order chi connectivity index (χ0) is 87.1. The molecule has 8 aromatic carbocycles. The van der Waals surface area contributed by atoms with Crippen molar-refractivity contribution in [2.45, 2.75) is 72.0 Å². The number of carbonyl (C=O) groups is 2. The zero-order valence-electron chi connectivity index (χ0n) is 56.0.